The van der Waals surface area contributed by atoms with Crippen molar-refractivity contribution in [1.82, 2.24) is 15.5 Å². The number of carboxylic acid groups (broad SMARTS) is 1. The van der Waals surface area contributed by atoms with Crippen molar-refractivity contribution in [3.05, 3.63) is 52.9 Å². The summed E-state index contributed by atoms with van der Waals surface area (Å²) >= 11 is 0. The molecule has 1 aromatic carbocycles. The van der Waals surface area contributed by atoms with Gasteiger partial charge in [-0.25, -0.2) is 4.79 Å². The number of amides is 1. The van der Waals surface area contributed by atoms with Gasteiger partial charge in [-0.15, -0.1) is 16.8 Å². The largest absolute Gasteiger partial charge is 0.465 e. The molecular weight excluding hydrogens is 292 g/mol. The first-order valence-electron chi connectivity index (χ1n) is 6.20. The van der Waals surface area contributed by atoms with Crippen molar-refractivity contribution in [3.8, 4) is 11.5 Å². The molecule has 9 nitrogen and oxygen atoms in total. The van der Waals surface area contributed by atoms with Gasteiger partial charge in [0, 0.05) is 6.07 Å². The Hall–Kier alpha value is -3.23. The van der Waals surface area contributed by atoms with Gasteiger partial charge in [0.2, 0.25) is 5.89 Å². The van der Waals surface area contributed by atoms with Gasteiger partial charge in [0.25, 0.3) is 11.6 Å². The van der Waals surface area contributed by atoms with E-state index in [0.717, 1.165) is 0 Å². The molecule has 0 aliphatic rings. The third-order valence-corrected chi connectivity index (χ3v) is 2.77. The van der Waals surface area contributed by atoms with Crippen LogP contribution in [0.2, 0.25) is 0 Å². The number of hydrogen-bond donors (Lipinski definition) is 2. The van der Waals surface area contributed by atoms with E-state index in [1.165, 1.54) is 24.3 Å². The molecule has 0 radical (unpaired) electrons. The standard InChI is InChI=1S/C13H12N4O5/c1-2-5-9(14-13(18)19)12-16-15-11(22-12)8-6-3-4-7-10(8)17(20)21/h2-4,6-7,9,14H,1,5H2,(H,18,19)/t9-/m0/s1. The highest BCUT2D eigenvalue weighted by atomic mass is 16.6. The highest BCUT2D eigenvalue weighted by Gasteiger charge is 2.23. The molecule has 1 amide bonds. The number of para-hydroxylation sites is 1. The first-order chi connectivity index (χ1) is 10.5. The van der Waals surface area contributed by atoms with E-state index in [1.807, 2.05) is 0 Å². The maximum Gasteiger partial charge on any atom is 0.405 e. The Balaban J connectivity index is 2.36. The number of nitro benzene ring substituents is 1. The number of carbonyl (C=O) groups is 1. The number of nitrogens with zero attached hydrogens (tertiary/aromatic N) is 3. The third-order valence-electron chi connectivity index (χ3n) is 2.77. The summed E-state index contributed by atoms with van der Waals surface area (Å²) in [5.41, 5.74) is -0.0110. The second kappa shape index (κ2) is 6.48. The number of benzene rings is 1. The maximum atomic E-state index is 11.0. The Bertz CT molecular complexity index is 712. The summed E-state index contributed by atoms with van der Waals surface area (Å²) < 4.78 is 5.38. The van der Waals surface area contributed by atoms with Crippen molar-refractivity contribution in [1.29, 1.82) is 0 Å². The zero-order valence-electron chi connectivity index (χ0n) is 11.3. The van der Waals surface area contributed by atoms with Gasteiger partial charge in [0.1, 0.15) is 11.6 Å². The van der Waals surface area contributed by atoms with Crippen molar-refractivity contribution in [2.75, 3.05) is 0 Å². The fourth-order valence-electron chi connectivity index (χ4n) is 1.84. The molecule has 114 valence electrons. The lowest BCUT2D eigenvalue weighted by Gasteiger charge is -2.09. The zero-order chi connectivity index (χ0) is 16.1. The summed E-state index contributed by atoms with van der Waals surface area (Å²) in [5, 5.41) is 29.5. The van der Waals surface area contributed by atoms with E-state index >= 15 is 0 Å². The summed E-state index contributed by atoms with van der Waals surface area (Å²) in [6.45, 7) is 3.52. The van der Waals surface area contributed by atoms with E-state index in [2.05, 4.69) is 22.1 Å². The van der Waals surface area contributed by atoms with Gasteiger partial charge in [-0.05, 0) is 12.5 Å². The van der Waals surface area contributed by atoms with Gasteiger partial charge in [-0.3, -0.25) is 10.1 Å². The minimum Gasteiger partial charge on any atom is -0.465 e. The first kappa shape index (κ1) is 15.2. The molecule has 2 rings (SSSR count). The molecule has 0 spiro atoms. The molecule has 1 aromatic heterocycles. The van der Waals surface area contributed by atoms with Crippen LogP contribution in [0.1, 0.15) is 18.4 Å². The van der Waals surface area contributed by atoms with Gasteiger partial charge < -0.3 is 14.8 Å². The van der Waals surface area contributed by atoms with E-state index in [1.54, 1.807) is 6.07 Å². The lowest BCUT2D eigenvalue weighted by atomic mass is 10.2. The van der Waals surface area contributed by atoms with E-state index in [0.29, 0.717) is 0 Å². The second-order valence-electron chi connectivity index (χ2n) is 4.25. The minimum absolute atomic E-state index is 0.00968. The lowest BCUT2D eigenvalue weighted by Crippen LogP contribution is -2.26. The molecule has 0 bridgehead atoms. The summed E-state index contributed by atoms with van der Waals surface area (Å²) in [6, 6.07) is 5.14. The van der Waals surface area contributed by atoms with Gasteiger partial charge in [-0.1, -0.05) is 18.2 Å². The number of nitro groups is 1. The van der Waals surface area contributed by atoms with Crippen LogP contribution in [0.4, 0.5) is 10.5 Å². The van der Waals surface area contributed by atoms with Crippen molar-refractivity contribution in [2.45, 2.75) is 12.5 Å². The third kappa shape index (κ3) is 3.26. The van der Waals surface area contributed by atoms with Gasteiger partial charge in [-0.2, -0.15) is 0 Å². The predicted octanol–water partition coefficient (Wildman–Crippen LogP) is 2.53. The first-order valence-corrected chi connectivity index (χ1v) is 6.20. The van der Waals surface area contributed by atoms with Crippen LogP contribution in [0.3, 0.4) is 0 Å². The molecule has 1 atom stereocenters. The number of rotatable bonds is 6. The average molecular weight is 304 g/mol. The molecular formula is C13H12N4O5. The number of aromatic nitrogens is 2. The minimum atomic E-state index is -1.25. The van der Waals surface area contributed by atoms with Crippen molar-refractivity contribution < 1.29 is 19.2 Å². The van der Waals surface area contributed by atoms with Crippen LogP contribution in [0.25, 0.3) is 11.5 Å². The molecule has 0 saturated carbocycles. The highest BCUT2D eigenvalue weighted by Crippen LogP contribution is 2.29. The smallest absolute Gasteiger partial charge is 0.405 e. The Kier molecular flexibility index (Phi) is 4.47. The maximum absolute atomic E-state index is 11.0. The van der Waals surface area contributed by atoms with Crippen LogP contribution < -0.4 is 5.32 Å². The van der Waals surface area contributed by atoms with Crippen LogP contribution in [-0.2, 0) is 0 Å². The Morgan fingerprint density at radius 2 is 2.23 bits per heavy atom. The predicted molar refractivity (Wildman–Crippen MR) is 75.1 cm³/mol. The van der Waals surface area contributed by atoms with Gasteiger partial charge >= 0.3 is 6.09 Å². The van der Waals surface area contributed by atoms with E-state index in [-0.39, 0.29) is 29.5 Å². The number of nitrogens with one attached hydrogen (secondary N) is 1. The Morgan fingerprint density at radius 3 is 2.86 bits per heavy atom. The highest BCUT2D eigenvalue weighted by molar-refractivity contribution is 5.66. The van der Waals surface area contributed by atoms with E-state index < -0.39 is 17.1 Å². The molecule has 2 aromatic rings. The van der Waals surface area contributed by atoms with Crippen molar-refractivity contribution in [3.63, 3.8) is 0 Å². The summed E-state index contributed by atoms with van der Waals surface area (Å²) in [4.78, 5) is 21.2. The van der Waals surface area contributed by atoms with E-state index in [4.69, 9.17) is 9.52 Å². The van der Waals surface area contributed by atoms with E-state index in [9.17, 15) is 14.9 Å². The molecule has 9 heteroatoms. The van der Waals surface area contributed by atoms with Crippen LogP contribution in [-0.4, -0.2) is 26.3 Å². The molecule has 2 N–H and O–H groups in total. The molecule has 0 aliphatic carbocycles. The zero-order valence-corrected chi connectivity index (χ0v) is 11.3. The monoisotopic (exact) mass is 304 g/mol. The Labute approximate surface area is 124 Å². The molecule has 1 heterocycles. The van der Waals surface area contributed by atoms with Gasteiger partial charge in [0.05, 0.1) is 4.92 Å². The molecule has 0 fully saturated rings. The molecule has 0 unspecified atom stereocenters. The lowest BCUT2D eigenvalue weighted by molar-refractivity contribution is -0.384. The Morgan fingerprint density at radius 1 is 1.50 bits per heavy atom. The quantitative estimate of drug-likeness (QED) is 0.476. The van der Waals surface area contributed by atoms with Crippen LogP contribution >= 0.6 is 0 Å². The van der Waals surface area contributed by atoms with Crippen LogP contribution in [0.15, 0.2) is 41.3 Å². The molecule has 22 heavy (non-hydrogen) atoms. The average Bonchev–Trinajstić information content (AvgIpc) is 2.96. The van der Waals surface area contributed by atoms with Crippen molar-refractivity contribution in [2.24, 2.45) is 0 Å². The normalized spacial score (nSPS) is 11.6. The fraction of sp³-hybridized carbons (Fsp3) is 0.154. The summed E-state index contributed by atoms with van der Waals surface area (Å²) in [7, 11) is 0. The van der Waals surface area contributed by atoms with Crippen LogP contribution in [0, 0.1) is 10.1 Å². The SMILES string of the molecule is C=CC[C@H](NC(=O)O)c1nnc(-c2ccccc2[N+](=O)[O-])o1. The number of hydrogen-bond acceptors (Lipinski definition) is 6. The summed E-state index contributed by atoms with van der Waals surface area (Å²) in [5.74, 6) is -0.0426. The topological polar surface area (TPSA) is 131 Å². The second-order valence-corrected chi connectivity index (χ2v) is 4.25. The fourth-order valence-corrected chi connectivity index (χ4v) is 1.84. The van der Waals surface area contributed by atoms with Crippen LogP contribution in [0.5, 0.6) is 0 Å². The summed E-state index contributed by atoms with van der Waals surface area (Å²) in [6.07, 6.45) is 0.484. The molecule has 0 aliphatic heterocycles. The molecule has 0 saturated heterocycles. The van der Waals surface area contributed by atoms with Crippen molar-refractivity contribution >= 4 is 11.8 Å². The van der Waals surface area contributed by atoms with Gasteiger partial charge in [0.15, 0.2) is 0 Å².